The average molecular weight is 233 g/mol. The molecule has 2 N–H and O–H groups in total. The molecule has 3 heteroatoms. The van der Waals surface area contributed by atoms with Gasteiger partial charge >= 0.3 is 0 Å². The summed E-state index contributed by atoms with van der Waals surface area (Å²) in [6.45, 7) is 2.06. The number of hydrogen-bond acceptors (Lipinski definition) is 2. The molecule has 2 rings (SSSR count). The summed E-state index contributed by atoms with van der Waals surface area (Å²) in [5.74, 6) is -0.300. The van der Waals surface area contributed by atoms with Gasteiger partial charge in [0.15, 0.2) is 0 Å². The van der Waals surface area contributed by atoms with Gasteiger partial charge in [-0.25, -0.2) is 0 Å². The first-order chi connectivity index (χ1) is 8.16. The van der Waals surface area contributed by atoms with Crippen molar-refractivity contribution in [3.8, 4) is 0 Å². The SMILES string of the molecule is CC(O)C(=O)NCCc1ccc2c(c1)CCC2. The van der Waals surface area contributed by atoms with Crippen LogP contribution in [0.15, 0.2) is 18.2 Å². The minimum absolute atomic E-state index is 0.300. The van der Waals surface area contributed by atoms with E-state index in [1.54, 1.807) is 0 Å². The number of nitrogens with one attached hydrogen (secondary N) is 1. The van der Waals surface area contributed by atoms with E-state index in [0.29, 0.717) is 6.54 Å². The highest BCUT2D eigenvalue weighted by atomic mass is 16.3. The van der Waals surface area contributed by atoms with Crippen molar-refractivity contribution < 1.29 is 9.90 Å². The molecule has 1 aromatic carbocycles. The second-order valence-electron chi connectivity index (χ2n) is 4.67. The highest BCUT2D eigenvalue weighted by molar-refractivity contribution is 5.79. The summed E-state index contributed by atoms with van der Waals surface area (Å²) in [5, 5.41) is 11.7. The van der Waals surface area contributed by atoms with E-state index in [4.69, 9.17) is 5.11 Å². The lowest BCUT2D eigenvalue weighted by Gasteiger charge is -2.08. The van der Waals surface area contributed by atoms with Crippen molar-refractivity contribution in [1.29, 1.82) is 0 Å². The molecule has 0 aliphatic heterocycles. The lowest BCUT2D eigenvalue weighted by Crippen LogP contribution is -2.33. The van der Waals surface area contributed by atoms with Gasteiger partial charge in [-0.3, -0.25) is 4.79 Å². The van der Waals surface area contributed by atoms with Gasteiger partial charge in [0, 0.05) is 6.54 Å². The van der Waals surface area contributed by atoms with Gasteiger partial charge in [0.05, 0.1) is 0 Å². The molecule has 92 valence electrons. The Balaban J connectivity index is 1.85. The van der Waals surface area contributed by atoms with Crippen LogP contribution in [-0.4, -0.2) is 23.7 Å². The number of carbonyl (C=O) groups excluding carboxylic acids is 1. The first-order valence-electron chi connectivity index (χ1n) is 6.23. The number of aryl methyl sites for hydroxylation is 2. The fourth-order valence-electron chi connectivity index (χ4n) is 2.26. The second kappa shape index (κ2) is 5.32. The number of aliphatic hydroxyl groups excluding tert-OH is 1. The van der Waals surface area contributed by atoms with Crippen molar-refractivity contribution in [2.75, 3.05) is 6.54 Å². The van der Waals surface area contributed by atoms with Crippen LogP contribution in [0.25, 0.3) is 0 Å². The Bertz CT molecular complexity index is 413. The van der Waals surface area contributed by atoms with E-state index in [0.717, 1.165) is 6.42 Å². The smallest absolute Gasteiger partial charge is 0.248 e. The molecule has 1 aromatic rings. The zero-order chi connectivity index (χ0) is 12.3. The zero-order valence-corrected chi connectivity index (χ0v) is 10.2. The standard InChI is InChI=1S/C14H19NO2/c1-10(16)14(17)15-8-7-11-5-6-12-3-2-4-13(12)9-11/h5-6,9-10,16H,2-4,7-8H2,1H3,(H,15,17). The van der Waals surface area contributed by atoms with Crippen LogP contribution in [0.3, 0.4) is 0 Å². The average Bonchev–Trinajstić information content (AvgIpc) is 2.75. The third-order valence-electron chi connectivity index (χ3n) is 3.26. The molecule has 0 heterocycles. The lowest BCUT2D eigenvalue weighted by molar-refractivity contribution is -0.128. The molecule has 3 nitrogen and oxygen atoms in total. The first-order valence-corrected chi connectivity index (χ1v) is 6.23. The maximum Gasteiger partial charge on any atom is 0.248 e. The van der Waals surface area contributed by atoms with E-state index >= 15 is 0 Å². The van der Waals surface area contributed by atoms with E-state index in [-0.39, 0.29) is 5.91 Å². The normalized spacial score (nSPS) is 15.4. The van der Waals surface area contributed by atoms with E-state index < -0.39 is 6.10 Å². The number of fused-ring (bicyclic) bond motifs is 1. The zero-order valence-electron chi connectivity index (χ0n) is 10.2. The Morgan fingerprint density at radius 3 is 2.94 bits per heavy atom. The summed E-state index contributed by atoms with van der Waals surface area (Å²) >= 11 is 0. The van der Waals surface area contributed by atoms with Crippen molar-refractivity contribution in [2.24, 2.45) is 0 Å². The van der Waals surface area contributed by atoms with Crippen LogP contribution in [0.4, 0.5) is 0 Å². The predicted octanol–water partition coefficient (Wildman–Crippen LogP) is 1.21. The van der Waals surface area contributed by atoms with Crippen LogP contribution in [0.1, 0.15) is 30.0 Å². The van der Waals surface area contributed by atoms with Gasteiger partial charge in [0.1, 0.15) is 6.10 Å². The highest BCUT2D eigenvalue weighted by Gasteiger charge is 2.11. The van der Waals surface area contributed by atoms with Crippen LogP contribution < -0.4 is 5.32 Å². The maximum absolute atomic E-state index is 11.2. The van der Waals surface area contributed by atoms with Crippen LogP contribution in [0.5, 0.6) is 0 Å². The van der Waals surface area contributed by atoms with Gasteiger partial charge < -0.3 is 10.4 Å². The van der Waals surface area contributed by atoms with Gasteiger partial charge in [-0.2, -0.15) is 0 Å². The Hall–Kier alpha value is -1.35. The predicted molar refractivity (Wildman–Crippen MR) is 66.9 cm³/mol. The van der Waals surface area contributed by atoms with Gasteiger partial charge in [-0.15, -0.1) is 0 Å². The van der Waals surface area contributed by atoms with Gasteiger partial charge in [-0.05, 0) is 49.3 Å². The second-order valence-corrected chi connectivity index (χ2v) is 4.67. The molecular formula is C14H19NO2. The van der Waals surface area contributed by atoms with Crippen molar-refractivity contribution >= 4 is 5.91 Å². The molecule has 1 aliphatic rings. The van der Waals surface area contributed by atoms with E-state index in [1.807, 2.05) is 0 Å². The largest absolute Gasteiger partial charge is 0.384 e. The summed E-state index contributed by atoms with van der Waals surface area (Å²) in [5.41, 5.74) is 4.20. The number of aliphatic hydroxyl groups is 1. The molecule has 1 unspecified atom stereocenters. The summed E-state index contributed by atoms with van der Waals surface area (Å²) in [7, 11) is 0. The molecule has 1 aliphatic carbocycles. The highest BCUT2D eigenvalue weighted by Crippen LogP contribution is 2.22. The number of carbonyl (C=O) groups is 1. The van der Waals surface area contributed by atoms with Gasteiger partial charge in [-0.1, -0.05) is 18.2 Å². The Labute approximate surface area is 102 Å². The fourth-order valence-corrected chi connectivity index (χ4v) is 2.26. The fraction of sp³-hybridized carbons (Fsp3) is 0.500. The maximum atomic E-state index is 11.2. The molecule has 0 aromatic heterocycles. The lowest BCUT2D eigenvalue weighted by atomic mass is 10.0. The molecule has 0 bridgehead atoms. The van der Waals surface area contributed by atoms with Crippen LogP contribution in [0, 0.1) is 0 Å². The van der Waals surface area contributed by atoms with Gasteiger partial charge in [0.25, 0.3) is 0 Å². The summed E-state index contributed by atoms with van der Waals surface area (Å²) in [4.78, 5) is 11.2. The topological polar surface area (TPSA) is 49.3 Å². The minimum Gasteiger partial charge on any atom is -0.384 e. The molecule has 0 saturated heterocycles. The molecule has 0 spiro atoms. The molecule has 0 saturated carbocycles. The van der Waals surface area contributed by atoms with Crippen molar-refractivity contribution in [2.45, 2.75) is 38.7 Å². The minimum atomic E-state index is -0.921. The summed E-state index contributed by atoms with van der Waals surface area (Å²) in [6, 6.07) is 6.59. The van der Waals surface area contributed by atoms with Crippen molar-refractivity contribution in [3.05, 3.63) is 34.9 Å². The summed E-state index contributed by atoms with van der Waals surface area (Å²) < 4.78 is 0. The number of amides is 1. The Morgan fingerprint density at radius 2 is 2.18 bits per heavy atom. The first kappa shape index (κ1) is 12.1. The van der Waals surface area contributed by atoms with E-state index in [1.165, 1.54) is 42.9 Å². The third kappa shape index (κ3) is 3.07. The third-order valence-corrected chi connectivity index (χ3v) is 3.26. The Kier molecular flexibility index (Phi) is 3.79. The van der Waals surface area contributed by atoms with Gasteiger partial charge in [0.2, 0.25) is 5.91 Å². The van der Waals surface area contributed by atoms with Crippen LogP contribution in [-0.2, 0) is 24.1 Å². The van der Waals surface area contributed by atoms with E-state index in [2.05, 4.69) is 23.5 Å². The number of benzene rings is 1. The molecule has 1 atom stereocenters. The van der Waals surface area contributed by atoms with E-state index in [9.17, 15) is 4.79 Å². The number of hydrogen-bond donors (Lipinski definition) is 2. The molecule has 0 radical (unpaired) electrons. The quantitative estimate of drug-likeness (QED) is 0.821. The molecular weight excluding hydrogens is 214 g/mol. The number of rotatable bonds is 4. The Morgan fingerprint density at radius 1 is 1.41 bits per heavy atom. The molecule has 17 heavy (non-hydrogen) atoms. The van der Waals surface area contributed by atoms with Crippen molar-refractivity contribution in [1.82, 2.24) is 5.32 Å². The summed E-state index contributed by atoms with van der Waals surface area (Å²) in [6.07, 6.45) is 3.55. The molecule has 1 amide bonds. The molecule has 0 fully saturated rings. The monoisotopic (exact) mass is 233 g/mol. The van der Waals surface area contributed by atoms with Crippen molar-refractivity contribution in [3.63, 3.8) is 0 Å². The van der Waals surface area contributed by atoms with Crippen LogP contribution >= 0.6 is 0 Å². The van der Waals surface area contributed by atoms with Crippen LogP contribution in [0.2, 0.25) is 0 Å².